The fourth-order valence-corrected chi connectivity index (χ4v) is 5.07. The highest BCUT2D eigenvalue weighted by Gasteiger charge is 2.22. The Labute approximate surface area is 272 Å². The number of rotatable bonds is 15. The molecule has 1 unspecified atom stereocenters. The van der Waals surface area contributed by atoms with Crippen LogP contribution in [0.25, 0.3) is 22.5 Å². The van der Waals surface area contributed by atoms with E-state index in [4.69, 9.17) is 9.47 Å². The number of ether oxygens (including phenoxy) is 2. The number of amides is 1. The standard InChI is InChI=1S/C38H45N3O5/c1-6-7-8-9-10-23-46-31-21-17-27(18-22-31)32-25-39-34(41-36(32)45-5)28-13-11-26(12-14-28)24-33(37(43)44)40-35(42)29-15-19-30(20-16-29)38(2,3)4/h11-22,25,33H,6-10,23-24H2,1-5H3,(H,40,42)(H,43,44). The van der Waals surface area contributed by atoms with Crippen molar-refractivity contribution in [1.82, 2.24) is 15.3 Å². The number of carboxylic acid groups (broad SMARTS) is 1. The highest BCUT2D eigenvalue weighted by atomic mass is 16.5. The lowest BCUT2D eigenvalue weighted by molar-refractivity contribution is -0.139. The van der Waals surface area contributed by atoms with E-state index in [0.717, 1.165) is 40.0 Å². The van der Waals surface area contributed by atoms with Gasteiger partial charge in [-0.2, -0.15) is 4.98 Å². The first-order valence-corrected chi connectivity index (χ1v) is 16.0. The van der Waals surface area contributed by atoms with Gasteiger partial charge in [0.25, 0.3) is 5.91 Å². The van der Waals surface area contributed by atoms with Crippen LogP contribution in [0.1, 0.15) is 81.3 Å². The third-order valence-electron chi connectivity index (χ3n) is 7.90. The molecule has 4 rings (SSSR count). The van der Waals surface area contributed by atoms with E-state index < -0.39 is 17.9 Å². The molecule has 0 aliphatic carbocycles. The molecule has 4 aromatic rings. The van der Waals surface area contributed by atoms with Crippen LogP contribution in [0.15, 0.2) is 79.0 Å². The van der Waals surface area contributed by atoms with E-state index >= 15 is 0 Å². The largest absolute Gasteiger partial charge is 0.494 e. The van der Waals surface area contributed by atoms with Crippen molar-refractivity contribution in [2.24, 2.45) is 0 Å². The Bertz CT molecular complexity index is 1580. The highest BCUT2D eigenvalue weighted by Crippen LogP contribution is 2.31. The van der Waals surface area contributed by atoms with Gasteiger partial charge in [-0.25, -0.2) is 9.78 Å². The maximum atomic E-state index is 12.8. The molecule has 1 amide bonds. The number of carboxylic acids is 1. The SMILES string of the molecule is CCCCCCCOc1ccc(-c2cnc(-c3ccc(CC(NC(=O)c4ccc(C(C)(C)C)cc4)C(=O)O)cc3)nc2OC)cc1. The molecule has 0 radical (unpaired) electrons. The number of nitrogens with zero attached hydrogens (tertiary/aromatic N) is 2. The second-order valence-corrected chi connectivity index (χ2v) is 12.5. The molecule has 0 aliphatic rings. The smallest absolute Gasteiger partial charge is 0.326 e. The number of carbonyl (C=O) groups excluding carboxylic acids is 1. The summed E-state index contributed by atoms with van der Waals surface area (Å²) in [6.45, 7) is 9.21. The number of carbonyl (C=O) groups is 2. The Morgan fingerprint density at radius 2 is 1.52 bits per heavy atom. The lowest BCUT2D eigenvalue weighted by Gasteiger charge is -2.19. The summed E-state index contributed by atoms with van der Waals surface area (Å²) in [6.07, 6.45) is 7.85. The summed E-state index contributed by atoms with van der Waals surface area (Å²) in [6, 6.07) is 21.3. The van der Waals surface area contributed by atoms with E-state index in [9.17, 15) is 14.7 Å². The Hall–Kier alpha value is -4.72. The van der Waals surface area contributed by atoms with Crippen LogP contribution in [0.3, 0.4) is 0 Å². The summed E-state index contributed by atoms with van der Waals surface area (Å²) >= 11 is 0. The fraction of sp³-hybridized carbons (Fsp3) is 0.368. The lowest BCUT2D eigenvalue weighted by atomic mass is 9.86. The van der Waals surface area contributed by atoms with Crippen LogP contribution in [-0.2, 0) is 16.6 Å². The van der Waals surface area contributed by atoms with Crippen LogP contribution in [0.4, 0.5) is 0 Å². The second kappa shape index (κ2) is 16.0. The molecule has 3 aromatic carbocycles. The van der Waals surface area contributed by atoms with Crippen molar-refractivity contribution in [2.75, 3.05) is 13.7 Å². The zero-order valence-corrected chi connectivity index (χ0v) is 27.5. The molecular formula is C38H45N3O5. The highest BCUT2D eigenvalue weighted by molar-refractivity contribution is 5.96. The average Bonchev–Trinajstić information content (AvgIpc) is 3.06. The Balaban J connectivity index is 1.39. The van der Waals surface area contributed by atoms with Gasteiger partial charge >= 0.3 is 5.97 Å². The molecule has 8 nitrogen and oxygen atoms in total. The van der Waals surface area contributed by atoms with Crippen LogP contribution in [0, 0.1) is 0 Å². The number of hydrogen-bond acceptors (Lipinski definition) is 6. The van der Waals surface area contributed by atoms with Gasteiger partial charge < -0.3 is 19.9 Å². The molecule has 1 atom stereocenters. The molecule has 242 valence electrons. The van der Waals surface area contributed by atoms with Crippen LogP contribution < -0.4 is 14.8 Å². The minimum absolute atomic E-state index is 0.0440. The number of methoxy groups -OCH3 is 1. The first kappa shape index (κ1) is 34.2. The molecule has 0 fully saturated rings. The first-order chi connectivity index (χ1) is 22.1. The van der Waals surface area contributed by atoms with Gasteiger partial charge in [0.15, 0.2) is 5.82 Å². The number of unbranched alkanes of at least 4 members (excludes halogenated alkanes) is 4. The lowest BCUT2D eigenvalue weighted by Crippen LogP contribution is -2.42. The second-order valence-electron chi connectivity index (χ2n) is 12.5. The molecule has 2 N–H and O–H groups in total. The van der Waals surface area contributed by atoms with Crippen molar-refractivity contribution >= 4 is 11.9 Å². The minimum Gasteiger partial charge on any atom is -0.494 e. The van der Waals surface area contributed by atoms with E-state index in [1.807, 2.05) is 60.7 Å². The zero-order valence-electron chi connectivity index (χ0n) is 27.5. The number of aromatic nitrogens is 2. The molecule has 0 bridgehead atoms. The quantitative estimate of drug-likeness (QED) is 0.130. The van der Waals surface area contributed by atoms with E-state index in [1.54, 1.807) is 25.4 Å². The summed E-state index contributed by atoms with van der Waals surface area (Å²) in [5.41, 5.74) is 4.66. The Morgan fingerprint density at radius 1 is 0.870 bits per heavy atom. The summed E-state index contributed by atoms with van der Waals surface area (Å²) in [7, 11) is 1.58. The molecule has 1 aromatic heterocycles. The normalized spacial score (nSPS) is 11.9. The first-order valence-electron chi connectivity index (χ1n) is 16.0. The molecular weight excluding hydrogens is 578 g/mol. The van der Waals surface area contributed by atoms with Gasteiger partial charge in [-0.1, -0.05) is 102 Å². The fourth-order valence-electron chi connectivity index (χ4n) is 5.07. The van der Waals surface area contributed by atoms with Crippen LogP contribution in [0.5, 0.6) is 11.6 Å². The monoisotopic (exact) mass is 623 g/mol. The van der Waals surface area contributed by atoms with Gasteiger partial charge in [-0.3, -0.25) is 4.79 Å². The Morgan fingerprint density at radius 3 is 2.13 bits per heavy atom. The van der Waals surface area contributed by atoms with Gasteiger partial charge in [0.05, 0.1) is 19.3 Å². The van der Waals surface area contributed by atoms with Gasteiger partial charge in [-0.05, 0) is 52.8 Å². The van der Waals surface area contributed by atoms with Crippen LogP contribution >= 0.6 is 0 Å². The summed E-state index contributed by atoms with van der Waals surface area (Å²) in [5, 5.41) is 12.5. The summed E-state index contributed by atoms with van der Waals surface area (Å²) < 4.78 is 11.5. The van der Waals surface area contributed by atoms with Crippen LogP contribution in [-0.4, -0.2) is 46.7 Å². The van der Waals surface area contributed by atoms with Gasteiger partial charge in [0.2, 0.25) is 5.88 Å². The third-order valence-corrected chi connectivity index (χ3v) is 7.90. The molecule has 46 heavy (non-hydrogen) atoms. The molecule has 1 heterocycles. The van der Waals surface area contributed by atoms with E-state index in [1.165, 1.54) is 25.7 Å². The van der Waals surface area contributed by atoms with Crippen LogP contribution in [0.2, 0.25) is 0 Å². The predicted molar refractivity (Wildman–Crippen MR) is 181 cm³/mol. The zero-order chi connectivity index (χ0) is 33.1. The van der Waals surface area contributed by atoms with Crippen molar-refractivity contribution in [3.63, 3.8) is 0 Å². The van der Waals surface area contributed by atoms with Crippen molar-refractivity contribution in [3.05, 3.63) is 95.7 Å². The minimum atomic E-state index is -1.10. The Kier molecular flexibility index (Phi) is 11.9. The molecule has 8 heteroatoms. The maximum absolute atomic E-state index is 12.8. The maximum Gasteiger partial charge on any atom is 0.326 e. The number of hydrogen-bond donors (Lipinski definition) is 2. The van der Waals surface area contributed by atoms with Gasteiger partial charge in [0.1, 0.15) is 11.8 Å². The summed E-state index contributed by atoms with van der Waals surface area (Å²) in [4.78, 5) is 34.1. The number of nitrogens with one attached hydrogen (secondary N) is 1. The average molecular weight is 624 g/mol. The van der Waals surface area contributed by atoms with E-state index in [-0.39, 0.29) is 11.8 Å². The predicted octanol–water partition coefficient (Wildman–Crippen LogP) is 7.89. The topological polar surface area (TPSA) is 111 Å². The third kappa shape index (κ3) is 9.39. The molecule has 0 aliphatic heterocycles. The van der Waals surface area contributed by atoms with Crippen molar-refractivity contribution in [2.45, 2.75) is 77.7 Å². The van der Waals surface area contributed by atoms with Crippen molar-refractivity contribution < 1.29 is 24.2 Å². The number of benzene rings is 3. The van der Waals surface area contributed by atoms with E-state index in [2.05, 4.69) is 43.0 Å². The van der Waals surface area contributed by atoms with Gasteiger partial charge in [-0.15, -0.1) is 0 Å². The number of aliphatic carboxylic acids is 1. The molecule has 0 saturated heterocycles. The van der Waals surface area contributed by atoms with Crippen molar-refractivity contribution in [3.8, 4) is 34.1 Å². The molecule has 0 spiro atoms. The molecule has 0 saturated carbocycles. The van der Waals surface area contributed by atoms with Crippen molar-refractivity contribution in [1.29, 1.82) is 0 Å². The van der Waals surface area contributed by atoms with Gasteiger partial charge in [0, 0.05) is 23.7 Å². The van der Waals surface area contributed by atoms with E-state index in [0.29, 0.717) is 23.9 Å². The summed E-state index contributed by atoms with van der Waals surface area (Å²) in [5.74, 6) is 0.231.